The van der Waals surface area contributed by atoms with Crippen molar-refractivity contribution in [1.82, 2.24) is 5.32 Å². The van der Waals surface area contributed by atoms with E-state index >= 15 is 0 Å². The first-order valence-corrected chi connectivity index (χ1v) is 7.76. The number of aryl methyl sites for hydroxylation is 1. The second-order valence-corrected chi connectivity index (χ2v) is 6.46. The molecule has 0 aliphatic carbocycles. The average Bonchev–Trinajstić information content (AvgIpc) is 2.39. The van der Waals surface area contributed by atoms with E-state index < -0.39 is 5.60 Å². The van der Waals surface area contributed by atoms with Crippen LogP contribution in [0.25, 0.3) is 0 Å². The summed E-state index contributed by atoms with van der Waals surface area (Å²) >= 11 is 0. The Balaban J connectivity index is 1.51. The summed E-state index contributed by atoms with van der Waals surface area (Å²) in [4.78, 5) is 0. The summed E-state index contributed by atoms with van der Waals surface area (Å²) in [6, 6.07) is 11.7. The molecule has 0 aromatic heterocycles. The maximum Gasteiger partial charge on any atom is 0.0677 e. The average molecular weight is 259 g/mol. The molecule has 104 valence electrons. The molecule has 0 spiro atoms. The SMILES string of the molecule is OC1(CCCc2ccccc2)CC2CCCC(C1)N2. The predicted octanol–water partition coefficient (Wildman–Crippen LogP) is 3.04. The number of hydrogen-bond acceptors (Lipinski definition) is 2. The molecule has 2 fully saturated rings. The zero-order chi connectivity index (χ0) is 13.1. The molecule has 2 unspecified atom stereocenters. The first kappa shape index (κ1) is 13.1. The summed E-state index contributed by atoms with van der Waals surface area (Å²) in [5.74, 6) is 0. The van der Waals surface area contributed by atoms with E-state index in [-0.39, 0.29) is 0 Å². The zero-order valence-corrected chi connectivity index (χ0v) is 11.6. The molecule has 0 saturated carbocycles. The summed E-state index contributed by atoms with van der Waals surface area (Å²) in [7, 11) is 0. The number of piperidine rings is 2. The second kappa shape index (κ2) is 5.64. The van der Waals surface area contributed by atoms with Crippen LogP contribution < -0.4 is 5.32 Å². The highest BCUT2D eigenvalue weighted by atomic mass is 16.3. The van der Waals surface area contributed by atoms with Crippen molar-refractivity contribution in [3.8, 4) is 0 Å². The molecule has 2 atom stereocenters. The molecule has 2 N–H and O–H groups in total. The Morgan fingerprint density at radius 3 is 2.47 bits per heavy atom. The van der Waals surface area contributed by atoms with Crippen LogP contribution in [0, 0.1) is 0 Å². The van der Waals surface area contributed by atoms with Gasteiger partial charge in [0.25, 0.3) is 0 Å². The second-order valence-electron chi connectivity index (χ2n) is 6.46. The largest absolute Gasteiger partial charge is 0.390 e. The van der Waals surface area contributed by atoms with Crippen LogP contribution in [-0.4, -0.2) is 22.8 Å². The van der Waals surface area contributed by atoms with Gasteiger partial charge in [0.15, 0.2) is 0 Å². The molecule has 2 aliphatic heterocycles. The third-order valence-electron chi connectivity index (χ3n) is 4.78. The number of fused-ring (bicyclic) bond motifs is 2. The van der Waals surface area contributed by atoms with Gasteiger partial charge in [0.1, 0.15) is 0 Å². The van der Waals surface area contributed by atoms with Crippen molar-refractivity contribution in [3.05, 3.63) is 35.9 Å². The van der Waals surface area contributed by atoms with Crippen LogP contribution in [0.3, 0.4) is 0 Å². The lowest BCUT2D eigenvalue weighted by Crippen LogP contribution is -2.55. The lowest BCUT2D eigenvalue weighted by molar-refractivity contribution is -0.0383. The standard InChI is InChI=1S/C17H25NO/c19-17(11-5-8-14-6-2-1-3-7-14)12-15-9-4-10-16(13-17)18-15/h1-3,6-7,15-16,18-19H,4-5,8-13H2. The van der Waals surface area contributed by atoms with Gasteiger partial charge in [-0.1, -0.05) is 36.8 Å². The Kier molecular flexibility index (Phi) is 3.90. The molecular formula is C17H25NO. The van der Waals surface area contributed by atoms with Gasteiger partial charge in [-0.2, -0.15) is 0 Å². The molecule has 1 aromatic carbocycles. The third kappa shape index (κ3) is 3.37. The van der Waals surface area contributed by atoms with Crippen molar-refractivity contribution < 1.29 is 5.11 Å². The molecule has 2 aliphatic rings. The Labute approximate surface area is 116 Å². The van der Waals surface area contributed by atoms with E-state index in [1.54, 1.807) is 0 Å². The summed E-state index contributed by atoms with van der Waals surface area (Å²) in [5, 5.41) is 14.5. The maximum atomic E-state index is 10.8. The number of benzene rings is 1. The highest BCUT2D eigenvalue weighted by Gasteiger charge is 2.39. The first-order valence-electron chi connectivity index (χ1n) is 7.76. The molecule has 19 heavy (non-hydrogen) atoms. The summed E-state index contributed by atoms with van der Waals surface area (Å²) in [5.41, 5.74) is 0.982. The van der Waals surface area contributed by atoms with E-state index in [1.807, 2.05) is 0 Å². The fourth-order valence-corrected chi connectivity index (χ4v) is 3.90. The van der Waals surface area contributed by atoms with Gasteiger partial charge in [-0.15, -0.1) is 0 Å². The van der Waals surface area contributed by atoms with Crippen molar-refractivity contribution in [2.45, 2.75) is 69.1 Å². The van der Waals surface area contributed by atoms with E-state index in [0.29, 0.717) is 12.1 Å². The molecule has 2 heterocycles. The molecule has 2 nitrogen and oxygen atoms in total. The van der Waals surface area contributed by atoms with Crippen molar-refractivity contribution >= 4 is 0 Å². The fourth-order valence-electron chi connectivity index (χ4n) is 3.90. The van der Waals surface area contributed by atoms with Gasteiger partial charge in [0.05, 0.1) is 5.60 Å². The van der Waals surface area contributed by atoms with Gasteiger partial charge < -0.3 is 10.4 Å². The fraction of sp³-hybridized carbons (Fsp3) is 0.647. The minimum absolute atomic E-state index is 0.407. The van der Waals surface area contributed by atoms with Crippen molar-refractivity contribution in [1.29, 1.82) is 0 Å². The minimum atomic E-state index is -0.407. The molecular weight excluding hydrogens is 234 g/mol. The Morgan fingerprint density at radius 1 is 1.11 bits per heavy atom. The van der Waals surface area contributed by atoms with Crippen LogP contribution in [0.2, 0.25) is 0 Å². The van der Waals surface area contributed by atoms with Gasteiger partial charge in [-0.25, -0.2) is 0 Å². The number of aliphatic hydroxyl groups is 1. The lowest BCUT2D eigenvalue weighted by atomic mass is 9.75. The molecule has 2 heteroatoms. The van der Waals surface area contributed by atoms with Gasteiger partial charge in [0, 0.05) is 12.1 Å². The number of rotatable bonds is 4. The summed E-state index contributed by atoms with van der Waals surface area (Å²) in [6.07, 6.45) is 8.89. The maximum absolute atomic E-state index is 10.8. The number of nitrogens with one attached hydrogen (secondary N) is 1. The quantitative estimate of drug-likeness (QED) is 0.871. The van der Waals surface area contributed by atoms with E-state index in [9.17, 15) is 5.11 Å². The van der Waals surface area contributed by atoms with Crippen LogP contribution >= 0.6 is 0 Å². The normalized spacial score (nSPS) is 34.2. The molecule has 2 saturated heterocycles. The highest BCUT2D eigenvalue weighted by Crippen LogP contribution is 2.35. The van der Waals surface area contributed by atoms with Crippen molar-refractivity contribution in [2.75, 3.05) is 0 Å². The van der Waals surface area contributed by atoms with E-state index in [0.717, 1.165) is 32.1 Å². The van der Waals surface area contributed by atoms with Crippen molar-refractivity contribution in [3.63, 3.8) is 0 Å². The molecule has 1 aromatic rings. The Morgan fingerprint density at radius 2 is 1.79 bits per heavy atom. The van der Waals surface area contributed by atoms with Gasteiger partial charge in [-0.3, -0.25) is 0 Å². The minimum Gasteiger partial charge on any atom is -0.390 e. The monoisotopic (exact) mass is 259 g/mol. The van der Waals surface area contributed by atoms with Crippen LogP contribution in [0.4, 0.5) is 0 Å². The van der Waals surface area contributed by atoms with Crippen LogP contribution in [-0.2, 0) is 6.42 Å². The van der Waals surface area contributed by atoms with Gasteiger partial charge in [-0.05, 0) is 50.5 Å². The molecule has 0 radical (unpaired) electrons. The first-order chi connectivity index (χ1) is 9.23. The van der Waals surface area contributed by atoms with Crippen LogP contribution in [0.5, 0.6) is 0 Å². The molecule has 0 amide bonds. The lowest BCUT2D eigenvalue weighted by Gasteiger charge is -2.45. The predicted molar refractivity (Wildman–Crippen MR) is 78.1 cm³/mol. The Bertz CT molecular complexity index is 391. The molecule has 2 bridgehead atoms. The number of hydrogen-bond donors (Lipinski definition) is 2. The zero-order valence-electron chi connectivity index (χ0n) is 11.6. The summed E-state index contributed by atoms with van der Waals surface area (Å²) < 4.78 is 0. The van der Waals surface area contributed by atoms with Gasteiger partial charge >= 0.3 is 0 Å². The highest BCUT2D eigenvalue weighted by molar-refractivity contribution is 5.14. The van der Waals surface area contributed by atoms with Crippen LogP contribution in [0.1, 0.15) is 50.5 Å². The topological polar surface area (TPSA) is 32.3 Å². The van der Waals surface area contributed by atoms with E-state index in [2.05, 4.69) is 35.6 Å². The van der Waals surface area contributed by atoms with Gasteiger partial charge in [0.2, 0.25) is 0 Å². The Hall–Kier alpha value is -0.860. The third-order valence-corrected chi connectivity index (χ3v) is 4.78. The van der Waals surface area contributed by atoms with Crippen LogP contribution in [0.15, 0.2) is 30.3 Å². The van der Waals surface area contributed by atoms with E-state index in [1.165, 1.54) is 24.8 Å². The smallest absolute Gasteiger partial charge is 0.0677 e. The summed E-state index contributed by atoms with van der Waals surface area (Å²) in [6.45, 7) is 0. The molecule has 3 rings (SSSR count). The van der Waals surface area contributed by atoms with E-state index in [4.69, 9.17) is 0 Å². The van der Waals surface area contributed by atoms with Crippen molar-refractivity contribution in [2.24, 2.45) is 0 Å².